The van der Waals surface area contributed by atoms with E-state index < -0.39 is 0 Å². The molecule has 0 radical (unpaired) electrons. The molecule has 1 saturated heterocycles. The second-order valence-electron chi connectivity index (χ2n) is 6.59. The van der Waals surface area contributed by atoms with Crippen molar-refractivity contribution in [3.63, 3.8) is 0 Å². The minimum atomic E-state index is 0.000899. The lowest BCUT2D eigenvalue weighted by Gasteiger charge is -2.35. The zero-order valence-electron chi connectivity index (χ0n) is 14.4. The van der Waals surface area contributed by atoms with E-state index in [1.165, 1.54) is 10.4 Å². The molecule has 24 heavy (non-hydrogen) atoms. The molecule has 0 unspecified atom stereocenters. The largest absolute Gasteiger partial charge is 0.341 e. The Morgan fingerprint density at radius 3 is 3.00 bits per heavy atom. The third kappa shape index (κ3) is 3.74. The van der Waals surface area contributed by atoms with Crippen LogP contribution in [0.5, 0.6) is 0 Å². The van der Waals surface area contributed by atoms with Crippen LogP contribution in [0, 0.1) is 0 Å². The predicted octanol–water partition coefficient (Wildman–Crippen LogP) is 3.17. The number of hydrogen-bond acceptors (Lipinski definition) is 3. The number of nitrogens with zero attached hydrogens (tertiary/aromatic N) is 2. The highest BCUT2D eigenvalue weighted by atomic mass is 32.1. The van der Waals surface area contributed by atoms with Gasteiger partial charge in [-0.2, -0.15) is 0 Å². The number of amides is 3. The van der Waals surface area contributed by atoms with Crippen LogP contribution in [0.2, 0.25) is 0 Å². The molecule has 1 aromatic heterocycles. The average molecular weight is 350 g/mol. The Morgan fingerprint density at radius 2 is 2.17 bits per heavy atom. The van der Waals surface area contributed by atoms with Crippen molar-refractivity contribution in [1.82, 2.24) is 15.1 Å². The Bertz CT molecular complexity index is 587. The van der Waals surface area contributed by atoms with E-state index in [1.807, 2.05) is 9.80 Å². The SMILES string of the molecule is CC[C@H]1c2ccsc2CCN1C(=O)NCCN1CCCCCC1=O. The topological polar surface area (TPSA) is 52.7 Å². The maximum Gasteiger partial charge on any atom is 0.317 e. The molecule has 132 valence electrons. The van der Waals surface area contributed by atoms with Crippen molar-refractivity contribution in [2.24, 2.45) is 0 Å². The lowest BCUT2D eigenvalue weighted by Crippen LogP contribution is -2.47. The highest BCUT2D eigenvalue weighted by Gasteiger charge is 2.30. The first kappa shape index (κ1) is 17.3. The minimum absolute atomic E-state index is 0.000899. The highest BCUT2D eigenvalue weighted by Crippen LogP contribution is 2.35. The monoisotopic (exact) mass is 349 g/mol. The van der Waals surface area contributed by atoms with E-state index in [2.05, 4.69) is 23.7 Å². The van der Waals surface area contributed by atoms with Crippen LogP contribution in [0.15, 0.2) is 11.4 Å². The molecule has 0 bridgehead atoms. The van der Waals surface area contributed by atoms with Crippen molar-refractivity contribution < 1.29 is 9.59 Å². The molecular weight excluding hydrogens is 322 g/mol. The summed E-state index contributed by atoms with van der Waals surface area (Å²) in [5.41, 5.74) is 1.31. The fourth-order valence-electron chi connectivity index (χ4n) is 3.75. The number of carbonyl (C=O) groups excluding carboxylic acids is 2. The van der Waals surface area contributed by atoms with Crippen LogP contribution in [0.3, 0.4) is 0 Å². The van der Waals surface area contributed by atoms with E-state index in [4.69, 9.17) is 0 Å². The second kappa shape index (κ2) is 8.01. The first-order chi connectivity index (χ1) is 11.7. The van der Waals surface area contributed by atoms with E-state index in [1.54, 1.807) is 11.3 Å². The Kier molecular flexibility index (Phi) is 5.76. The zero-order chi connectivity index (χ0) is 16.9. The Labute approximate surface area is 148 Å². The fraction of sp³-hybridized carbons (Fsp3) is 0.667. The predicted molar refractivity (Wildman–Crippen MR) is 96.2 cm³/mol. The summed E-state index contributed by atoms with van der Waals surface area (Å²) in [4.78, 5) is 29.9. The van der Waals surface area contributed by atoms with E-state index in [-0.39, 0.29) is 18.0 Å². The van der Waals surface area contributed by atoms with Crippen LogP contribution in [0.4, 0.5) is 4.79 Å². The van der Waals surface area contributed by atoms with Gasteiger partial charge in [0.15, 0.2) is 0 Å². The van der Waals surface area contributed by atoms with E-state index >= 15 is 0 Å². The van der Waals surface area contributed by atoms with Gasteiger partial charge in [0.25, 0.3) is 0 Å². The lowest BCUT2D eigenvalue weighted by molar-refractivity contribution is -0.130. The quantitative estimate of drug-likeness (QED) is 0.908. The molecule has 1 aromatic rings. The summed E-state index contributed by atoms with van der Waals surface area (Å²) in [7, 11) is 0. The van der Waals surface area contributed by atoms with Crippen molar-refractivity contribution in [3.8, 4) is 0 Å². The molecule has 0 spiro atoms. The summed E-state index contributed by atoms with van der Waals surface area (Å²) in [5, 5.41) is 5.15. The molecule has 0 aliphatic carbocycles. The highest BCUT2D eigenvalue weighted by molar-refractivity contribution is 7.10. The van der Waals surface area contributed by atoms with Crippen molar-refractivity contribution >= 4 is 23.3 Å². The number of urea groups is 1. The number of thiophene rings is 1. The summed E-state index contributed by atoms with van der Waals surface area (Å²) < 4.78 is 0. The summed E-state index contributed by atoms with van der Waals surface area (Å²) >= 11 is 1.79. The maximum atomic E-state index is 12.6. The third-order valence-electron chi connectivity index (χ3n) is 5.07. The molecule has 1 fully saturated rings. The number of hydrogen-bond donors (Lipinski definition) is 1. The van der Waals surface area contributed by atoms with Gasteiger partial charge >= 0.3 is 6.03 Å². The number of likely N-dealkylation sites (tertiary alicyclic amines) is 1. The van der Waals surface area contributed by atoms with Gasteiger partial charge in [-0.15, -0.1) is 11.3 Å². The standard InChI is InChI=1S/C18H27N3O2S/c1-2-15-14-8-13-24-16(14)7-11-21(15)18(23)19-9-12-20-10-5-3-4-6-17(20)22/h8,13,15H,2-7,9-12H2,1H3,(H,19,23)/t15-/m0/s1. The van der Waals surface area contributed by atoms with Gasteiger partial charge in [0, 0.05) is 37.5 Å². The van der Waals surface area contributed by atoms with Crippen LogP contribution in [0.25, 0.3) is 0 Å². The Morgan fingerprint density at radius 1 is 1.29 bits per heavy atom. The van der Waals surface area contributed by atoms with Gasteiger partial charge in [-0.25, -0.2) is 4.79 Å². The van der Waals surface area contributed by atoms with Gasteiger partial charge in [-0.3, -0.25) is 4.79 Å². The van der Waals surface area contributed by atoms with Gasteiger partial charge in [0.2, 0.25) is 5.91 Å². The molecule has 1 N–H and O–H groups in total. The summed E-state index contributed by atoms with van der Waals surface area (Å²) in [6, 6.07) is 2.34. The van der Waals surface area contributed by atoms with Crippen molar-refractivity contribution in [2.45, 2.75) is 51.5 Å². The molecule has 0 saturated carbocycles. The Balaban J connectivity index is 1.52. The van der Waals surface area contributed by atoms with Crippen LogP contribution in [0.1, 0.15) is 55.5 Å². The van der Waals surface area contributed by atoms with Crippen LogP contribution >= 0.6 is 11.3 Å². The number of carbonyl (C=O) groups is 2. The molecule has 6 heteroatoms. The van der Waals surface area contributed by atoms with Gasteiger partial charge in [0.1, 0.15) is 0 Å². The van der Waals surface area contributed by atoms with E-state index in [0.29, 0.717) is 19.5 Å². The Hall–Kier alpha value is -1.56. The second-order valence-corrected chi connectivity index (χ2v) is 7.59. The molecule has 0 aromatic carbocycles. The number of fused-ring (bicyclic) bond motifs is 1. The molecule has 3 rings (SSSR count). The van der Waals surface area contributed by atoms with Crippen molar-refractivity contribution in [2.75, 3.05) is 26.2 Å². The van der Waals surface area contributed by atoms with Crippen molar-refractivity contribution in [1.29, 1.82) is 0 Å². The van der Waals surface area contributed by atoms with E-state index in [0.717, 1.165) is 45.2 Å². The smallest absolute Gasteiger partial charge is 0.317 e. The summed E-state index contributed by atoms with van der Waals surface area (Å²) in [6.45, 7) is 4.90. The molecule has 2 aliphatic rings. The first-order valence-corrected chi connectivity index (χ1v) is 9.97. The molecule has 3 amide bonds. The summed E-state index contributed by atoms with van der Waals surface area (Å²) in [5.74, 6) is 0.231. The maximum absolute atomic E-state index is 12.6. The molecule has 3 heterocycles. The van der Waals surface area contributed by atoms with Gasteiger partial charge in [0.05, 0.1) is 6.04 Å². The molecule has 2 aliphatic heterocycles. The van der Waals surface area contributed by atoms with Gasteiger partial charge in [-0.1, -0.05) is 13.3 Å². The molecule has 5 nitrogen and oxygen atoms in total. The first-order valence-electron chi connectivity index (χ1n) is 9.09. The van der Waals surface area contributed by atoms with Crippen molar-refractivity contribution in [3.05, 3.63) is 21.9 Å². The summed E-state index contributed by atoms with van der Waals surface area (Å²) in [6.07, 6.45) is 5.73. The zero-order valence-corrected chi connectivity index (χ0v) is 15.2. The third-order valence-corrected chi connectivity index (χ3v) is 6.07. The van der Waals surface area contributed by atoms with Crippen LogP contribution in [-0.4, -0.2) is 47.9 Å². The molecule has 1 atom stereocenters. The average Bonchev–Trinajstić information content (AvgIpc) is 2.98. The number of nitrogens with one attached hydrogen (secondary N) is 1. The fourth-order valence-corrected chi connectivity index (χ4v) is 4.68. The normalized spacial score (nSPS) is 21.4. The van der Waals surface area contributed by atoms with Crippen LogP contribution < -0.4 is 5.32 Å². The van der Waals surface area contributed by atoms with E-state index in [9.17, 15) is 9.59 Å². The van der Waals surface area contributed by atoms with Gasteiger partial charge < -0.3 is 15.1 Å². The van der Waals surface area contributed by atoms with Gasteiger partial charge in [-0.05, 0) is 42.7 Å². The lowest BCUT2D eigenvalue weighted by atomic mass is 9.98. The molecular formula is C18H27N3O2S. The minimum Gasteiger partial charge on any atom is -0.341 e. The number of rotatable bonds is 4. The van der Waals surface area contributed by atoms with Crippen LogP contribution in [-0.2, 0) is 11.2 Å².